The number of hydrogen-bond acceptors (Lipinski definition) is 7. The molecular formula is C28H36ClN5O4. The minimum absolute atomic E-state index is 0.304. The molecule has 1 aliphatic rings. The van der Waals surface area contributed by atoms with E-state index in [1.807, 2.05) is 25.1 Å². The quantitative estimate of drug-likeness (QED) is 0.321. The maximum absolute atomic E-state index is 12.0. The fourth-order valence-corrected chi connectivity index (χ4v) is 4.47. The van der Waals surface area contributed by atoms with Crippen molar-refractivity contribution in [1.82, 2.24) is 20.1 Å². The summed E-state index contributed by atoms with van der Waals surface area (Å²) in [5.41, 5.74) is 1.20. The van der Waals surface area contributed by atoms with Gasteiger partial charge in [0.25, 0.3) is 0 Å². The first-order chi connectivity index (χ1) is 18.5. The van der Waals surface area contributed by atoms with Crippen LogP contribution in [0.15, 0.2) is 42.5 Å². The number of nitrogens with one attached hydrogen (secondary N) is 2. The van der Waals surface area contributed by atoms with Crippen LogP contribution in [0.5, 0.6) is 23.1 Å². The van der Waals surface area contributed by atoms with Gasteiger partial charge < -0.3 is 34.6 Å². The molecule has 0 radical (unpaired) electrons. The van der Waals surface area contributed by atoms with Crippen molar-refractivity contribution in [3.05, 3.63) is 47.5 Å². The van der Waals surface area contributed by atoms with E-state index in [4.69, 9.17) is 25.8 Å². The first kappa shape index (κ1) is 27.8. The Balaban J connectivity index is 1.48. The Morgan fingerprint density at radius 2 is 1.92 bits per heavy atom. The lowest BCUT2D eigenvalue weighted by Crippen LogP contribution is -2.44. The number of halogens is 1. The number of aromatic nitrogens is 1. The third-order valence-electron chi connectivity index (χ3n) is 6.37. The number of methoxy groups -OCH3 is 1. The Hall–Kier alpha value is -3.27. The zero-order valence-corrected chi connectivity index (χ0v) is 23.0. The van der Waals surface area contributed by atoms with Gasteiger partial charge in [-0.15, -0.1) is 0 Å². The first-order valence-electron chi connectivity index (χ1n) is 13.0. The maximum atomic E-state index is 12.0. The van der Waals surface area contributed by atoms with Crippen LogP contribution >= 0.6 is 11.6 Å². The minimum Gasteiger partial charge on any atom is -0.496 e. The van der Waals surface area contributed by atoms with Gasteiger partial charge in [-0.05, 0) is 44.2 Å². The number of benzene rings is 2. The number of piperazine rings is 1. The van der Waals surface area contributed by atoms with Crippen LogP contribution in [0.1, 0.15) is 19.8 Å². The molecule has 2 aromatic carbocycles. The molecule has 0 unspecified atom stereocenters. The summed E-state index contributed by atoms with van der Waals surface area (Å²) in [7, 11) is 3.77. The fraction of sp³-hybridized carbons (Fsp3) is 0.429. The van der Waals surface area contributed by atoms with Gasteiger partial charge in [-0.2, -0.15) is 0 Å². The lowest BCUT2D eigenvalue weighted by Gasteiger charge is -2.32. The molecule has 0 saturated carbocycles. The highest BCUT2D eigenvalue weighted by molar-refractivity contribution is 6.33. The van der Waals surface area contributed by atoms with Crippen LogP contribution in [0.25, 0.3) is 10.9 Å². The van der Waals surface area contributed by atoms with Gasteiger partial charge in [0.2, 0.25) is 5.88 Å². The average Bonchev–Trinajstić information content (AvgIpc) is 2.92. The number of hydrogen-bond donors (Lipinski definition) is 2. The minimum atomic E-state index is -0.304. The smallest absolute Gasteiger partial charge is 0.319 e. The predicted octanol–water partition coefficient (Wildman–Crippen LogP) is 5.24. The Bertz CT molecular complexity index is 1230. The summed E-state index contributed by atoms with van der Waals surface area (Å²) in [5.74, 6) is 2.17. The van der Waals surface area contributed by atoms with Crippen LogP contribution in [0.4, 0.5) is 10.5 Å². The second-order valence-corrected chi connectivity index (χ2v) is 9.69. The molecule has 2 N–H and O–H groups in total. The normalized spacial score (nSPS) is 14.3. The molecule has 2 heterocycles. The van der Waals surface area contributed by atoms with Gasteiger partial charge in [-0.3, -0.25) is 0 Å². The number of carbonyl (C=O) groups excluding carboxylic acids is 1. The average molecular weight is 542 g/mol. The monoisotopic (exact) mass is 541 g/mol. The lowest BCUT2D eigenvalue weighted by molar-refractivity contribution is 0.145. The Morgan fingerprint density at radius 1 is 1.11 bits per heavy atom. The van der Waals surface area contributed by atoms with Crippen LogP contribution in [-0.2, 0) is 0 Å². The highest BCUT2D eigenvalue weighted by Crippen LogP contribution is 2.39. The largest absolute Gasteiger partial charge is 0.496 e. The van der Waals surface area contributed by atoms with Gasteiger partial charge in [0.1, 0.15) is 17.2 Å². The summed E-state index contributed by atoms with van der Waals surface area (Å²) >= 11 is 6.45. The van der Waals surface area contributed by atoms with E-state index in [-0.39, 0.29) is 6.03 Å². The molecule has 0 spiro atoms. The van der Waals surface area contributed by atoms with E-state index in [2.05, 4.69) is 32.5 Å². The van der Waals surface area contributed by atoms with Gasteiger partial charge in [0.05, 0.1) is 35.3 Å². The van der Waals surface area contributed by atoms with Crippen LogP contribution in [0.3, 0.4) is 0 Å². The molecule has 0 aliphatic carbocycles. The van der Waals surface area contributed by atoms with E-state index in [1.165, 1.54) is 0 Å². The number of rotatable bonds is 11. The molecule has 10 heteroatoms. The second-order valence-electron chi connectivity index (χ2n) is 9.28. The van der Waals surface area contributed by atoms with Crippen molar-refractivity contribution >= 4 is 34.2 Å². The fourth-order valence-electron chi connectivity index (χ4n) is 4.25. The van der Waals surface area contributed by atoms with Gasteiger partial charge in [-0.1, -0.05) is 24.6 Å². The van der Waals surface area contributed by atoms with E-state index < -0.39 is 0 Å². The van der Waals surface area contributed by atoms with Crippen molar-refractivity contribution in [3.8, 4) is 23.1 Å². The van der Waals surface area contributed by atoms with Crippen molar-refractivity contribution in [2.24, 2.45) is 0 Å². The molecule has 0 bridgehead atoms. The summed E-state index contributed by atoms with van der Waals surface area (Å²) in [6.45, 7) is 8.50. The van der Waals surface area contributed by atoms with Gasteiger partial charge in [0.15, 0.2) is 0 Å². The Morgan fingerprint density at radius 3 is 2.66 bits per heavy atom. The van der Waals surface area contributed by atoms with Gasteiger partial charge in [0, 0.05) is 51.4 Å². The van der Waals surface area contributed by atoms with E-state index >= 15 is 0 Å². The number of urea groups is 1. The van der Waals surface area contributed by atoms with Crippen LogP contribution < -0.4 is 24.8 Å². The molecule has 204 valence electrons. The highest BCUT2D eigenvalue weighted by atomic mass is 35.5. The molecule has 1 aliphatic heterocycles. The molecule has 4 rings (SSSR count). The second kappa shape index (κ2) is 13.5. The third-order valence-corrected chi connectivity index (χ3v) is 6.69. The number of amides is 2. The van der Waals surface area contributed by atoms with Crippen molar-refractivity contribution < 1.29 is 19.0 Å². The molecule has 2 amide bonds. The van der Waals surface area contributed by atoms with E-state index in [0.29, 0.717) is 52.5 Å². The SMILES string of the molecule is CCCNC(=O)Nc1ccc(Oc2cc(OCCCN3CCN(C)CC3)nc3cccc(OC)c23)cc1Cl. The van der Waals surface area contributed by atoms with E-state index in [9.17, 15) is 4.79 Å². The summed E-state index contributed by atoms with van der Waals surface area (Å²) in [5, 5.41) is 6.61. The molecule has 3 aromatic rings. The lowest BCUT2D eigenvalue weighted by atomic mass is 10.2. The number of anilines is 1. The molecule has 0 atom stereocenters. The number of pyridine rings is 1. The molecule has 1 aromatic heterocycles. The maximum Gasteiger partial charge on any atom is 0.319 e. The molecular weight excluding hydrogens is 506 g/mol. The Labute approximate surface area is 229 Å². The van der Waals surface area contributed by atoms with Crippen molar-refractivity contribution in [2.75, 3.05) is 65.3 Å². The molecule has 1 fully saturated rings. The molecule has 9 nitrogen and oxygen atoms in total. The number of likely N-dealkylation sites (N-methyl/N-ethyl adjacent to an activating group) is 1. The standard InChI is InChI=1S/C28H36ClN5O4/c1-4-11-30-28(35)32-22-10-9-20(18-21(22)29)38-25-19-26(31-23-7-5-8-24(36-3)27(23)25)37-17-6-12-34-15-13-33(2)14-16-34/h5,7-10,18-19H,4,6,11-17H2,1-3H3,(H2,30,32,35). The van der Waals surface area contributed by atoms with Crippen LogP contribution in [0.2, 0.25) is 5.02 Å². The highest BCUT2D eigenvalue weighted by Gasteiger charge is 2.16. The van der Waals surface area contributed by atoms with Crippen LogP contribution in [0, 0.1) is 0 Å². The first-order valence-corrected chi connectivity index (χ1v) is 13.4. The summed E-state index contributed by atoms with van der Waals surface area (Å²) in [6.07, 6.45) is 1.76. The van der Waals surface area contributed by atoms with Crippen molar-refractivity contribution in [3.63, 3.8) is 0 Å². The van der Waals surface area contributed by atoms with Gasteiger partial charge in [-0.25, -0.2) is 9.78 Å². The van der Waals surface area contributed by atoms with Gasteiger partial charge >= 0.3 is 6.03 Å². The predicted molar refractivity (Wildman–Crippen MR) is 151 cm³/mol. The summed E-state index contributed by atoms with van der Waals surface area (Å²) in [4.78, 5) is 21.5. The molecule has 1 saturated heterocycles. The Kier molecular flexibility index (Phi) is 9.86. The summed E-state index contributed by atoms with van der Waals surface area (Å²) in [6, 6.07) is 12.2. The number of nitrogens with zero attached hydrogens (tertiary/aromatic N) is 3. The third kappa shape index (κ3) is 7.40. The zero-order chi connectivity index (χ0) is 26.9. The summed E-state index contributed by atoms with van der Waals surface area (Å²) < 4.78 is 17.9. The topological polar surface area (TPSA) is 88.2 Å². The van der Waals surface area contributed by atoms with Crippen molar-refractivity contribution in [1.29, 1.82) is 0 Å². The number of carbonyl (C=O) groups is 1. The zero-order valence-electron chi connectivity index (χ0n) is 22.3. The number of ether oxygens (including phenoxy) is 3. The number of fused-ring (bicyclic) bond motifs is 1. The van der Waals surface area contributed by atoms with Crippen molar-refractivity contribution in [2.45, 2.75) is 19.8 Å². The van der Waals surface area contributed by atoms with Crippen LogP contribution in [-0.4, -0.2) is 80.8 Å². The van der Waals surface area contributed by atoms with E-state index in [0.717, 1.165) is 51.0 Å². The molecule has 38 heavy (non-hydrogen) atoms. The van der Waals surface area contributed by atoms with E-state index in [1.54, 1.807) is 31.4 Å².